The van der Waals surface area contributed by atoms with E-state index in [0.717, 1.165) is 31.2 Å². The number of aryl methyl sites for hydroxylation is 1. The largest absolute Gasteiger partial charge is 0.490 e. The molecule has 0 spiro atoms. The van der Waals surface area contributed by atoms with E-state index in [2.05, 4.69) is 5.32 Å². The van der Waals surface area contributed by atoms with Crippen molar-refractivity contribution in [2.24, 2.45) is 5.92 Å². The first kappa shape index (κ1) is 24.5. The molecule has 8 heteroatoms. The van der Waals surface area contributed by atoms with Crippen LogP contribution in [-0.2, 0) is 10.0 Å². The lowest BCUT2D eigenvalue weighted by Gasteiger charge is -2.27. The quantitative estimate of drug-likeness (QED) is 0.652. The van der Waals surface area contributed by atoms with Crippen LogP contribution in [0.15, 0.2) is 41.3 Å². The van der Waals surface area contributed by atoms with Gasteiger partial charge >= 0.3 is 0 Å². The molecule has 7 nitrogen and oxygen atoms in total. The summed E-state index contributed by atoms with van der Waals surface area (Å²) in [7, 11) is -3.64. The Morgan fingerprint density at radius 1 is 0.941 bits per heavy atom. The van der Waals surface area contributed by atoms with E-state index in [1.807, 2.05) is 32.0 Å². The Morgan fingerprint density at radius 2 is 1.65 bits per heavy atom. The fourth-order valence-electron chi connectivity index (χ4n) is 4.50. The lowest BCUT2D eigenvalue weighted by Crippen LogP contribution is -2.36. The van der Waals surface area contributed by atoms with Crippen LogP contribution in [-0.4, -0.2) is 44.9 Å². The molecule has 1 atom stereocenters. The van der Waals surface area contributed by atoms with Crippen molar-refractivity contribution in [2.45, 2.75) is 57.4 Å². The van der Waals surface area contributed by atoms with Crippen LogP contribution >= 0.6 is 0 Å². The van der Waals surface area contributed by atoms with Crippen LogP contribution in [0.3, 0.4) is 0 Å². The van der Waals surface area contributed by atoms with Crippen LogP contribution in [0.1, 0.15) is 67.1 Å². The van der Waals surface area contributed by atoms with Gasteiger partial charge in [0.15, 0.2) is 11.5 Å². The predicted molar refractivity (Wildman–Crippen MR) is 131 cm³/mol. The number of rotatable bonds is 6. The van der Waals surface area contributed by atoms with Gasteiger partial charge in [-0.15, -0.1) is 0 Å². The van der Waals surface area contributed by atoms with Crippen LogP contribution < -0.4 is 14.8 Å². The molecule has 4 rings (SSSR count). The summed E-state index contributed by atoms with van der Waals surface area (Å²) in [4.78, 5) is 13.5. The zero-order chi connectivity index (χ0) is 24.3. The minimum Gasteiger partial charge on any atom is -0.490 e. The Bertz CT molecular complexity index is 1140. The number of amides is 1. The molecule has 0 bridgehead atoms. The van der Waals surface area contributed by atoms with Gasteiger partial charge in [-0.05, 0) is 61.1 Å². The molecule has 2 aromatic carbocycles. The van der Waals surface area contributed by atoms with Crippen LogP contribution in [0.2, 0.25) is 0 Å². The number of ether oxygens (including phenoxy) is 2. The normalized spacial score (nSPS) is 17.8. The molecule has 1 amide bonds. The summed E-state index contributed by atoms with van der Waals surface area (Å²) >= 11 is 0. The molecule has 2 aliphatic heterocycles. The first-order valence-electron chi connectivity index (χ1n) is 12.1. The number of piperidine rings is 1. The Labute approximate surface area is 202 Å². The molecule has 0 saturated carbocycles. The number of nitrogens with one attached hydrogen (secondary N) is 1. The van der Waals surface area contributed by atoms with Crippen LogP contribution in [0, 0.1) is 12.8 Å². The molecular formula is C26H34N2O5S. The van der Waals surface area contributed by atoms with E-state index in [1.54, 1.807) is 19.1 Å². The summed E-state index contributed by atoms with van der Waals surface area (Å²) in [6, 6.07) is 10.4. The van der Waals surface area contributed by atoms with Crippen molar-refractivity contribution in [3.63, 3.8) is 0 Å². The predicted octanol–water partition coefficient (Wildman–Crippen LogP) is 4.46. The average Bonchev–Trinajstić information content (AvgIpc) is 3.08. The maximum atomic E-state index is 13.3. The maximum absolute atomic E-state index is 13.3. The highest BCUT2D eigenvalue weighted by Gasteiger charge is 2.29. The number of fused-ring (bicyclic) bond motifs is 1. The summed E-state index contributed by atoms with van der Waals surface area (Å²) in [5.41, 5.74) is 1.90. The molecule has 34 heavy (non-hydrogen) atoms. The van der Waals surface area contributed by atoms with Crippen molar-refractivity contribution < 1.29 is 22.7 Å². The monoisotopic (exact) mass is 486 g/mol. The zero-order valence-electron chi connectivity index (χ0n) is 20.2. The molecule has 2 aliphatic rings. The first-order valence-corrected chi connectivity index (χ1v) is 13.5. The molecule has 1 fully saturated rings. The van der Waals surface area contributed by atoms with Crippen molar-refractivity contribution in [3.05, 3.63) is 53.1 Å². The third-order valence-electron chi connectivity index (χ3n) is 6.47. The minimum absolute atomic E-state index is 0.107. The number of hydrogen-bond donors (Lipinski definition) is 1. The van der Waals surface area contributed by atoms with Gasteiger partial charge < -0.3 is 14.8 Å². The average molecular weight is 487 g/mol. The Hall–Kier alpha value is -2.58. The Morgan fingerprint density at radius 3 is 2.35 bits per heavy atom. The molecule has 0 radical (unpaired) electrons. The lowest BCUT2D eigenvalue weighted by molar-refractivity contribution is 0.0925. The first-order chi connectivity index (χ1) is 16.3. The van der Waals surface area contributed by atoms with E-state index >= 15 is 0 Å². The van der Waals surface area contributed by atoms with Gasteiger partial charge in [0.05, 0.1) is 24.2 Å². The summed E-state index contributed by atoms with van der Waals surface area (Å²) in [6.45, 7) is 8.10. The van der Waals surface area contributed by atoms with E-state index in [-0.39, 0.29) is 22.8 Å². The molecular weight excluding hydrogens is 452 g/mol. The van der Waals surface area contributed by atoms with E-state index in [4.69, 9.17) is 9.47 Å². The fourth-order valence-corrected chi connectivity index (χ4v) is 6.26. The van der Waals surface area contributed by atoms with Gasteiger partial charge in [-0.25, -0.2) is 8.42 Å². The summed E-state index contributed by atoms with van der Waals surface area (Å²) < 4.78 is 39.6. The second-order valence-corrected chi connectivity index (χ2v) is 11.3. The number of sulfonamides is 1. The third-order valence-corrected chi connectivity index (χ3v) is 8.51. The van der Waals surface area contributed by atoms with Gasteiger partial charge in [0.2, 0.25) is 10.0 Å². The lowest BCUT2D eigenvalue weighted by atomic mass is 9.95. The molecule has 2 aromatic rings. The van der Waals surface area contributed by atoms with Crippen molar-refractivity contribution >= 4 is 15.9 Å². The molecule has 0 aromatic heterocycles. The highest BCUT2D eigenvalue weighted by atomic mass is 32.2. The maximum Gasteiger partial charge on any atom is 0.251 e. The number of carbonyl (C=O) groups is 1. The van der Waals surface area contributed by atoms with Crippen LogP contribution in [0.5, 0.6) is 11.5 Å². The summed E-state index contributed by atoms with van der Waals surface area (Å²) in [5, 5.41) is 3.11. The van der Waals surface area contributed by atoms with Gasteiger partial charge in [0, 0.05) is 25.1 Å². The molecule has 0 aliphatic carbocycles. The fraction of sp³-hybridized carbons (Fsp3) is 0.500. The summed E-state index contributed by atoms with van der Waals surface area (Å²) in [5.74, 6) is 1.19. The van der Waals surface area contributed by atoms with Crippen molar-refractivity contribution in [1.82, 2.24) is 9.62 Å². The van der Waals surface area contributed by atoms with Crippen LogP contribution in [0.25, 0.3) is 0 Å². The SMILES string of the molecule is Cc1ccc(C(=O)NC(c2ccc3c(c2)OCCCO3)C(C)C)cc1S(=O)(=O)N1CCCCC1. The van der Waals surface area contributed by atoms with Gasteiger partial charge in [-0.1, -0.05) is 32.4 Å². The highest BCUT2D eigenvalue weighted by Crippen LogP contribution is 2.34. The second kappa shape index (κ2) is 10.4. The van der Waals surface area contributed by atoms with Gasteiger partial charge in [-0.2, -0.15) is 4.31 Å². The highest BCUT2D eigenvalue weighted by molar-refractivity contribution is 7.89. The van der Waals surface area contributed by atoms with E-state index < -0.39 is 10.0 Å². The van der Waals surface area contributed by atoms with Crippen molar-refractivity contribution in [2.75, 3.05) is 26.3 Å². The topological polar surface area (TPSA) is 84.9 Å². The van der Waals surface area contributed by atoms with Crippen LogP contribution in [0.4, 0.5) is 0 Å². The Balaban J connectivity index is 1.58. The number of benzene rings is 2. The van der Waals surface area contributed by atoms with Gasteiger partial charge in [0.25, 0.3) is 5.91 Å². The summed E-state index contributed by atoms with van der Waals surface area (Å²) in [6.07, 6.45) is 3.60. The smallest absolute Gasteiger partial charge is 0.251 e. The van der Waals surface area contributed by atoms with E-state index in [1.165, 1.54) is 10.4 Å². The number of nitrogens with zero attached hydrogens (tertiary/aromatic N) is 1. The van der Waals surface area contributed by atoms with Gasteiger partial charge in [-0.3, -0.25) is 4.79 Å². The number of hydrogen-bond acceptors (Lipinski definition) is 5. The zero-order valence-corrected chi connectivity index (χ0v) is 21.0. The van der Waals surface area contributed by atoms with Crippen molar-refractivity contribution in [3.8, 4) is 11.5 Å². The van der Waals surface area contributed by atoms with E-state index in [0.29, 0.717) is 48.9 Å². The third kappa shape index (κ3) is 5.23. The van der Waals surface area contributed by atoms with E-state index in [9.17, 15) is 13.2 Å². The number of carbonyl (C=O) groups excluding carboxylic acids is 1. The Kier molecular flexibility index (Phi) is 7.48. The molecule has 2 heterocycles. The standard InChI is InChI=1S/C26H34N2O5S/c1-18(2)25(20-10-11-22-23(16-20)33-15-7-14-32-22)27-26(29)21-9-8-19(3)24(17-21)34(30,31)28-12-5-4-6-13-28/h8-11,16-18,25H,4-7,12-15H2,1-3H3,(H,27,29). The van der Waals surface area contributed by atoms with Crippen molar-refractivity contribution in [1.29, 1.82) is 0 Å². The minimum atomic E-state index is -3.64. The molecule has 184 valence electrons. The molecule has 1 saturated heterocycles. The van der Waals surface area contributed by atoms with Gasteiger partial charge in [0.1, 0.15) is 0 Å². The second-order valence-electron chi connectivity index (χ2n) is 9.40. The molecule has 1 N–H and O–H groups in total. The molecule has 1 unspecified atom stereocenters.